The van der Waals surface area contributed by atoms with Crippen molar-refractivity contribution in [2.45, 2.75) is 102 Å². The average molecular weight is 696 g/mol. The van der Waals surface area contributed by atoms with Gasteiger partial charge in [-0.25, -0.2) is 4.79 Å². The van der Waals surface area contributed by atoms with E-state index in [0.717, 1.165) is 27.8 Å². The molecule has 5 atom stereocenters. The van der Waals surface area contributed by atoms with Crippen LogP contribution in [0.2, 0.25) is 0 Å². The minimum atomic E-state index is -5.90. The van der Waals surface area contributed by atoms with E-state index in [-0.39, 0.29) is 36.6 Å². The zero-order chi connectivity index (χ0) is 36.3. The lowest BCUT2D eigenvalue weighted by molar-refractivity contribution is -0.362. The number of anilines is 1. The van der Waals surface area contributed by atoms with Gasteiger partial charge in [-0.15, -0.1) is 0 Å². The summed E-state index contributed by atoms with van der Waals surface area (Å²) in [6.45, 7) is 7.53. The molecule has 4 aliphatic carbocycles. The number of allylic oxidation sites excluding steroid dienone is 4. The van der Waals surface area contributed by atoms with Gasteiger partial charge in [0.1, 0.15) is 5.60 Å². The van der Waals surface area contributed by atoms with E-state index in [1.165, 1.54) is 6.92 Å². The van der Waals surface area contributed by atoms with Gasteiger partial charge in [-0.1, -0.05) is 69.4 Å². The normalized spacial score (nSPS) is 28.1. The number of carbonyl (C=O) groups excluding carboxylic acids is 2. The fraction of sp³-hybridized carbons (Fsp3) is 0.500. The fourth-order valence-corrected chi connectivity index (χ4v) is 8.96. The van der Waals surface area contributed by atoms with Crippen molar-refractivity contribution in [2.24, 2.45) is 17.3 Å². The highest BCUT2D eigenvalue weighted by Gasteiger charge is 2.79. The lowest BCUT2D eigenvalue weighted by Gasteiger charge is -2.56. The van der Waals surface area contributed by atoms with Crippen LogP contribution in [0.3, 0.4) is 0 Å². The molecule has 50 heavy (non-hydrogen) atoms. The number of amides is 1. The largest absolute Gasteiger partial charge is 0.456 e. The molecule has 266 valence electrons. The second-order valence-corrected chi connectivity index (χ2v) is 15.4. The summed E-state index contributed by atoms with van der Waals surface area (Å²) in [6.07, 6.45) is -3.71. The summed E-state index contributed by atoms with van der Waals surface area (Å²) in [5.74, 6) is -0.908. The third kappa shape index (κ3) is 6.16. The Hall–Kier alpha value is -3.97. The molecule has 2 fully saturated rings. The standard InChI is InChI=1S/C40H42F5NO4/c1-36(2,3)27-12-14-28(15-13-27)46-35(48)50-21-5-6-24-7-9-25(10-8-24)32-23-37(4)33(19-20-38(37,49)39(41,42)40(43,44)45)31-17-11-26-22-29(47)16-18-30(26)34(31)32/h7-10,12-15,22,31-33,49H,11,16-21,23H2,1-4H3,(H,46,48)/t31?,32-,33?,37+,38+/m1/s1. The number of alkyl halides is 5. The van der Waals surface area contributed by atoms with Crippen LogP contribution in [0.25, 0.3) is 0 Å². The quantitative estimate of drug-likeness (QED) is 0.247. The first-order valence-electron chi connectivity index (χ1n) is 17.1. The third-order valence-corrected chi connectivity index (χ3v) is 11.6. The van der Waals surface area contributed by atoms with Crippen molar-refractivity contribution in [1.29, 1.82) is 0 Å². The number of hydrogen-bond acceptors (Lipinski definition) is 4. The average Bonchev–Trinajstić information content (AvgIpc) is 3.33. The molecule has 0 aromatic heterocycles. The molecule has 4 aliphatic rings. The molecule has 0 aliphatic heterocycles. The monoisotopic (exact) mass is 695 g/mol. The summed E-state index contributed by atoms with van der Waals surface area (Å²) in [7, 11) is 0. The van der Waals surface area contributed by atoms with Gasteiger partial charge in [0.25, 0.3) is 0 Å². The van der Waals surface area contributed by atoms with Gasteiger partial charge in [0.2, 0.25) is 0 Å². The molecule has 0 radical (unpaired) electrons. The maximum atomic E-state index is 15.2. The lowest BCUT2D eigenvalue weighted by atomic mass is 9.50. The van der Waals surface area contributed by atoms with E-state index in [2.05, 4.69) is 37.9 Å². The van der Waals surface area contributed by atoms with Crippen LogP contribution in [0.15, 0.2) is 71.3 Å². The summed E-state index contributed by atoms with van der Waals surface area (Å²) < 4.78 is 77.2. The maximum Gasteiger partial charge on any atom is 0.456 e. The summed E-state index contributed by atoms with van der Waals surface area (Å²) in [5, 5.41) is 14.1. The number of ketones is 1. The second kappa shape index (κ2) is 12.7. The zero-order valence-electron chi connectivity index (χ0n) is 28.6. The van der Waals surface area contributed by atoms with Crippen LogP contribution in [0, 0.1) is 29.1 Å². The van der Waals surface area contributed by atoms with Gasteiger partial charge in [0, 0.05) is 29.0 Å². The van der Waals surface area contributed by atoms with Crippen molar-refractivity contribution in [3.8, 4) is 11.8 Å². The van der Waals surface area contributed by atoms with E-state index in [1.807, 2.05) is 12.1 Å². The van der Waals surface area contributed by atoms with Gasteiger partial charge in [-0.3, -0.25) is 10.1 Å². The molecule has 2 unspecified atom stereocenters. The van der Waals surface area contributed by atoms with Crippen molar-refractivity contribution in [3.05, 3.63) is 88.0 Å². The van der Waals surface area contributed by atoms with Crippen molar-refractivity contribution in [3.63, 3.8) is 0 Å². The molecular formula is C40H42F5NO4. The van der Waals surface area contributed by atoms with Crippen LogP contribution in [0.1, 0.15) is 95.2 Å². The Morgan fingerprint density at radius 3 is 2.30 bits per heavy atom. The van der Waals surface area contributed by atoms with Crippen LogP contribution in [0.5, 0.6) is 0 Å². The van der Waals surface area contributed by atoms with Gasteiger partial charge < -0.3 is 9.84 Å². The molecule has 0 saturated heterocycles. The van der Waals surface area contributed by atoms with Gasteiger partial charge in [-0.05, 0) is 108 Å². The summed E-state index contributed by atoms with van der Waals surface area (Å²) in [4.78, 5) is 24.6. The Bertz CT molecular complexity index is 1790. The molecule has 1 amide bonds. The smallest absolute Gasteiger partial charge is 0.436 e. The number of aliphatic hydroxyl groups is 1. The van der Waals surface area contributed by atoms with Crippen LogP contribution < -0.4 is 5.32 Å². The molecule has 2 aromatic carbocycles. The highest BCUT2D eigenvalue weighted by Crippen LogP contribution is 2.70. The predicted molar refractivity (Wildman–Crippen MR) is 180 cm³/mol. The van der Waals surface area contributed by atoms with Crippen LogP contribution >= 0.6 is 0 Å². The predicted octanol–water partition coefficient (Wildman–Crippen LogP) is 9.41. The first kappa shape index (κ1) is 35.8. The summed E-state index contributed by atoms with van der Waals surface area (Å²) in [5.41, 5.74) is 0.964. The molecule has 0 heterocycles. The van der Waals surface area contributed by atoms with E-state index < -0.39 is 47.5 Å². The third-order valence-electron chi connectivity index (χ3n) is 11.6. The van der Waals surface area contributed by atoms with E-state index in [0.29, 0.717) is 36.9 Å². The van der Waals surface area contributed by atoms with Gasteiger partial charge in [0.15, 0.2) is 12.4 Å². The molecular weight excluding hydrogens is 653 g/mol. The number of benzene rings is 2. The van der Waals surface area contributed by atoms with Crippen LogP contribution in [-0.2, 0) is 14.9 Å². The van der Waals surface area contributed by atoms with Crippen molar-refractivity contribution < 1.29 is 41.4 Å². The molecule has 2 aromatic rings. The first-order valence-corrected chi connectivity index (χ1v) is 17.1. The molecule has 0 bridgehead atoms. The number of halogens is 5. The summed E-state index contributed by atoms with van der Waals surface area (Å²) in [6, 6.07) is 14.5. The Balaban J connectivity index is 1.23. The SMILES string of the molecule is CC(C)(C)c1ccc(NC(=O)OCC#Cc2ccc([C@H]3C[C@@]4(C)C(CC[C@@]4(O)C(F)(F)C(F)(F)F)C4CCC5=CC(=O)CCC5=C43)cc2)cc1. The van der Waals surface area contributed by atoms with Crippen LogP contribution in [0.4, 0.5) is 32.4 Å². The van der Waals surface area contributed by atoms with Crippen molar-refractivity contribution in [2.75, 3.05) is 11.9 Å². The topological polar surface area (TPSA) is 75.6 Å². The summed E-state index contributed by atoms with van der Waals surface area (Å²) >= 11 is 0. The van der Waals surface area contributed by atoms with Gasteiger partial charge in [-0.2, -0.15) is 22.0 Å². The molecule has 10 heteroatoms. The highest BCUT2D eigenvalue weighted by atomic mass is 19.4. The second-order valence-electron chi connectivity index (χ2n) is 15.4. The van der Waals surface area contributed by atoms with E-state index in [1.54, 1.807) is 42.5 Å². The number of fused-ring (bicyclic) bond motifs is 4. The fourth-order valence-electron chi connectivity index (χ4n) is 8.96. The van der Waals surface area contributed by atoms with E-state index in [4.69, 9.17) is 4.74 Å². The lowest BCUT2D eigenvalue weighted by Crippen LogP contribution is -2.65. The number of ether oxygens (including phenoxy) is 1. The number of rotatable bonds is 4. The highest BCUT2D eigenvalue weighted by molar-refractivity contribution is 5.93. The van der Waals surface area contributed by atoms with Crippen LogP contribution in [-0.4, -0.2) is 41.3 Å². The molecule has 6 rings (SSSR count). The Labute approximate surface area is 289 Å². The number of carbonyl (C=O) groups is 2. The van der Waals surface area contributed by atoms with E-state index in [9.17, 15) is 27.9 Å². The minimum absolute atomic E-state index is 0.0197. The van der Waals surface area contributed by atoms with E-state index >= 15 is 8.78 Å². The van der Waals surface area contributed by atoms with Crippen molar-refractivity contribution >= 4 is 17.6 Å². The Morgan fingerprint density at radius 1 is 0.980 bits per heavy atom. The molecule has 5 nitrogen and oxygen atoms in total. The minimum Gasteiger partial charge on any atom is -0.436 e. The first-order chi connectivity index (χ1) is 23.4. The molecule has 0 spiro atoms. The number of nitrogens with one attached hydrogen (secondary N) is 1. The zero-order valence-corrected chi connectivity index (χ0v) is 28.6. The van der Waals surface area contributed by atoms with Crippen molar-refractivity contribution in [1.82, 2.24) is 0 Å². The Morgan fingerprint density at radius 2 is 1.66 bits per heavy atom. The van der Waals surface area contributed by atoms with Gasteiger partial charge >= 0.3 is 18.2 Å². The maximum absolute atomic E-state index is 15.2. The molecule has 2 N–H and O–H groups in total. The molecule has 2 saturated carbocycles. The number of hydrogen-bond donors (Lipinski definition) is 2. The van der Waals surface area contributed by atoms with Gasteiger partial charge in [0.05, 0.1) is 0 Å². The Kier molecular flexibility index (Phi) is 9.08.